The van der Waals surface area contributed by atoms with E-state index in [-0.39, 0.29) is 17.9 Å². The molecule has 174 valence electrons. The van der Waals surface area contributed by atoms with Crippen molar-refractivity contribution >= 4 is 5.91 Å². The van der Waals surface area contributed by atoms with Crippen LogP contribution in [0.4, 0.5) is 0 Å². The second-order valence-electron chi connectivity index (χ2n) is 8.61. The lowest BCUT2D eigenvalue weighted by Gasteiger charge is -2.37. The Morgan fingerprint density at radius 1 is 1.24 bits per heavy atom. The number of hydrogen-bond acceptors (Lipinski definition) is 5. The molecule has 0 bridgehead atoms. The van der Waals surface area contributed by atoms with E-state index in [1.165, 1.54) is 11.3 Å². The van der Waals surface area contributed by atoms with Crippen molar-refractivity contribution in [3.05, 3.63) is 77.4 Å². The lowest BCUT2D eigenvalue weighted by Crippen LogP contribution is -2.43. The maximum Gasteiger partial charge on any atom is 0.255 e. The summed E-state index contributed by atoms with van der Waals surface area (Å²) in [6.45, 7) is 7.94. The number of piperidine rings is 1. The minimum absolute atomic E-state index is 0.139. The quantitative estimate of drug-likeness (QED) is 0.565. The SMILES string of the molecule is CCn1ncc(CN2CCCC(C(NC(=O)c3ccccc3OC)c3ccccn3)C2)c1C. The number of carbonyl (C=O) groups is 1. The van der Waals surface area contributed by atoms with Crippen LogP contribution in [0.15, 0.2) is 54.9 Å². The maximum absolute atomic E-state index is 13.3. The number of nitrogens with zero attached hydrogens (tertiary/aromatic N) is 4. The van der Waals surface area contributed by atoms with E-state index in [1.807, 2.05) is 47.3 Å². The first-order valence-corrected chi connectivity index (χ1v) is 11.7. The molecular weight excluding hydrogens is 414 g/mol. The second-order valence-corrected chi connectivity index (χ2v) is 8.61. The minimum Gasteiger partial charge on any atom is -0.496 e. The lowest BCUT2D eigenvalue weighted by molar-refractivity contribution is 0.0872. The van der Waals surface area contributed by atoms with Gasteiger partial charge in [0.1, 0.15) is 5.75 Å². The van der Waals surface area contributed by atoms with E-state index in [4.69, 9.17) is 4.74 Å². The molecule has 1 aromatic carbocycles. The van der Waals surface area contributed by atoms with Crippen LogP contribution in [0.5, 0.6) is 5.75 Å². The number of carbonyl (C=O) groups excluding carboxylic acids is 1. The molecule has 1 fully saturated rings. The third-order valence-electron chi connectivity index (χ3n) is 6.56. The zero-order valence-electron chi connectivity index (χ0n) is 19.7. The fourth-order valence-electron chi connectivity index (χ4n) is 4.75. The summed E-state index contributed by atoms with van der Waals surface area (Å²) >= 11 is 0. The van der Waals surface area contributed by atoms with Crippen LogP contribution in [0, 0.1) is 12.8 Å². The van der Waals surface area contributed by atoms with Crippen LogP contribution in [-0.4, -0.2) is 45.8 Å². The van der Waals surface area contributed by atoms with Crippen molar-refractivity contribution in [2.24, 2.45) is 5.92 Å². The van der Waals surface area contributed by atoms with Gasteiger partial charge in [-0.15, -0.1) is 0 Å². The average molecular weight is 448 g/mol. The van der Waals surface area contributed by atoms with Crippen molar-refractivity contribution in [1.82, 2.24) is 25.0 Å². The summed E-state index contributed by atoms with van der Waals surface area (Å²) in [7, 11) is 1.59. The van der Waals surface area contributed by atoms with Crippen LogP contribution in [0.3, 0.4) is 0 Å². The Hall–Kier alpha value is -3.19. The van der Waals surface area contributed by atoms with Crippen LogP contribution in [0.25, 0.3) is 0 Å². The Balaban J connectivity index is 1.54. The monoisotopic (exact) mass is 447 g/mol. The van der Waals surface area contributed by atoms with E-state index in [0.717, 1.165) is 44.7 Å². The van der Waals surface area contributed by atoms with Crippen molar-refractivity contribution in [2.45, 2.75) is 45.8 Å². The molecule has 1 amide bonds. The van der Waals surface area contributed by atoms with E-state index in [0.29, 0.717) is 11.3 Å². The highest BCUT2D eigenvalue weighted by Gasteiger charge is 2.31. The molecule has 1 aliphatic rings. The third kappa shape index (κ3) is 5.25. The van der Waals surface area contributed by atoms with Crippen LogP contribution < -0.4 is 10.1 Å². The molecule has 7 heteroatoms. The van der Waals surface area contributed by atoms with Crippen molar-refractivity contribution in [2.75, 3.05) is 20.2 Å². The van der Waals surface area contributed by atoms with Gasteiger partial charge in [0, 0.05) is 37.1 Å². The summed E-state index contributed by atoms with van der Waals surface area (Å²) in [5.41, 5.74) is 3.93. The van der Waals surface area contributed by atoms with Crippen molar-refractivity contribution in [3.8, 4) is 5.75 Å². The zero-order chi connectivity index (χ0) is 23.2. The number of aryl methyl sites for hydroxylation is 1. The molecule has 0 saturated carbocycles. The first-order chi connectivity index (χ1) is 16.1. The predicted molar refractivity (Wildman–Crippen MR) is 128 cm³/mol. The van der Waals surface area contributed by atoms with E-state index < -0.39 is 0 Å². The molecule has 33 heavy (non-hydrogen) atoms. The first kappa shape index (κ1) is 23.0. The molecule has 1 aliphatic heterocycles. The summed E-state index contributed by atoms with van der Waals surface area (Å²) in [5.74, 6) is 0.692. The summed E-state index contributed by atoms with van der Waals surface area (Å²) in [6.07, 6.45) is 5.90. The van der Waals surface area contributed by atoms with Gasteiger partial charge in [0.2, 0.25) is 0 Å². The number of hydrogen-bond donors (Lipinski definition) is 1. The van der Waals surface area contributed by atoms with Gasteiger partial charge in [-0.3, -0.25) is 19.4 Å². The molecule has 0 spiro atoms. The molecule has 2 atom stereocenters. The highest BCUT2D eigenvalue weighted by Crippen LogP contribution is 2.31. The summed E-state index contributed by atoms with van der Waals surface area (Å²) in [6, 6.07) is 13.0. The third-order valence-corrected chi connectivity index (χ3v) is 6.56. The van der Waals surface area contributed by atoms with Gasteiger partial charge in [-0.2, -0.15) is 5.10 Å². The molecule has 0 radical (unpaired) electrons. The number of amides is 1. The number of benzene rings is 1. The van der Waals surface area contributed by atoms with Crippen LogP contribution >= 0.6 is 0 Å². The highest BCUT2D eigenvalue weighted by atomic mass is 16.5. The van der Waals surface area contributed by atoms with Gasteiger partial charge in [-0.1, -0.05) is 18.2 Å². The van der Waals surface area contributed by atoms with Gasteiger partial charge in [-0.05, 0) is 63.4 Å². The topological polar surface area (TPSA) is 72.3 Å². The van der Waals surface area contributed by atoms with Gasteiger partial charge >= 0.3 is 0 Å². The zero-order valence-corrected chi connectivity index (χ0v) is 19.7. The Morgan fingerprint density at radius 2 is 2.06 bits per heavy atom. The molecule has 2 unspecified atom stereocenters. The maximum atomic E-state index is 13.3. The van der Waals surface area contributed by atoms with E-state index in [9.17, 15) is 4.79 Å². The number of ether oxygens (including phenoxy) is 1. The number of pyridine rings is 1. The lowest BCUT2D eigenvalue weighted by atomic mass is 9.88. The van der Waals surface area contributed by atoms with Gasteiger partial charge < -0.3 is 10.1 Å². The number of para-hydroxylation sites is 1. The van der Waals surface area contributed by atoms with Crippen LogP contribution in [0.1, 0.15) is 53.1 Å². The van der Waals surface area contributed by atoms with E-state index in [1.54, 1.807) is 19.4 Å². The Labute approximate surface area is 195 Å². The molecule has 7 nitrogen and oxygen atoms in total. The summed E-state index contributed by atoms with van der Waals surface area (Å²) < 4.78 is 7.46. The smallest absolute Gasteiger partial charge is 0.255 e. The number of methoxy groups -OCH3 is 1. The minimum atomic E-state index is -0.175. The predicted octanol–water partition coefficient (Wildman–Crippen LogP) is 4.00. The number of likely N-dealkylation sites (tertiary alicyclic amines) is 1. The standard InChI is InChI=1S/C26H33N5O2/c1-4-31-19(2)21(16-28-31)18-30-15-9-10-20(17-30)25(23-12-7-8-14-27-23)29-26(32)22-11-5-6-13-24(22)33-3/h5-8,11-14,16,20,25H,4,9-10,15,17-18H2,1-3H3,(H,29,32). The molecule has 2 aromatic heterocycles. The number of aromatic nitrogens is 3. The van der Waals surface area contributed by atoms with Crippen molar-refractivity contribution in [3.63, 3.8) is 0 Å². The molecule has 3 aromatic rings. The van der Waals surface area contributed by atoms with Crippen molar-refractivity contribution in [1.29, 1.82) is 0 Å². The van der Waals surface area contributed by atoms with E-state index in [2.05, 4.69) is 34.1 Å². The second kappa shape index (κ2) is 10.6. The fourth-order valence-corrected chi connectivity index (χ4v) is 4.75. The molecule has 3 heterocycles. The Bertz CT molecular complexity index is 1070. The molecule has 0 aliphatic carbocycles. The number of rotatable bonds is 8. The average Bonchev–Trinajstić information content (AvgIpc) is 3.21. The van der Waals surface area contributed by atoms with Crippen LogP contribution in [0.2, 0.25) is 0 Å². The van der Waals surface area contributed by atoms with Crippen molar-refractivity contribution < 1.29 is 9.53 Å². The molecule has 4 rings (SSSR count). The first-order valence-electron chi connectivity index (χ1n) is 11.7. The Kier molecular flexibility index (Phi) is 7.40. The molecule has 1 N–H and O–H groups in total. The Morgan fingerprint density at radius 3 is 2.79 bits per heavy atom. The van der Waals surface area contributed by atoms with Gasteiger partial charge in [0.15, 0.2) is 0 Å². The molecule has 1 saturated heterocycles. The largest absolute Gasteiger partial charge is 0.496 e. The summed E-state index contributed by atoms with van der Waals surface area (Å²) in [5, 5.41) is 7.78. The normalized spacial score (nSPS) is 17.5. The van der Waals surface area contributed by atoms with E-state index >= 15 is 0 Å². The fraction of sp³-hybridized carbons (Fsp3) is 0.423. The van der Waals surface area contributed by atoms with Gasteiger partial charge in [0.25, 0.3) is 5.91 Å². The molecular formula is C26H33N5O2. The summed E-state index contributed by atoms with van der Waals surface area (Å²) in [4.78, 5) is 20.3. The highest BCUT2D eigenvalue weighted by molar-refractivity contribution is 5.97. The number of nitrogens with one attached hydrogen (secondary N) is 1. The van der Waals surface area contributed by atoms with Gasteiger partial charge in [-0.25, -0.2) is 0 Å². The van der Waals surface area contributed by atoms with Crippen LogP contribution in [-0.2, 0) is 13.1 Å². The van der Waals surface area contributed by atoms with Gasteiger partial charge in [0.05, 0.1) is 30.6 Å².